The first kappa shape index (κ1) is 16.5. The Bertz CT molecular complexity index is 593. The van der Waals surface area contributed by atoms with Crippen molar-refractivity contribution in [1.29, 1.82) is 0 Å². The second kappa shape index (κ2) is 7.43. The van der Waals surface area contributed by atoms with Crippen molar-refractivity contribution >= 4 is 34.4 Å². The Balaban J connectivity index is 2.41. The van der Waals surface area contributed by atoms with Crippen LogP contribution in [-0.2, 0) is 6.42 Å². The van der Waals surface area contributed by atoms with Crippen molar-refractivity contribution in [3.05, 3.63) is 23.1 Å². The molecule has 0 saturated carbocycles. The summed E-state index contributed by atoms with van der Waals surface area (Å²) in [6, 6.07) is 2.16. The van der Waals surface area contributed by atoms with Gasteiger partial charge in [-0.3, -0.25) is 0 Å². The molecule has 2 aromatic rings. The van der Waals surface area contributed by atoms with Crippen LogP contribution in [-0.4, -0.2) is 44.9 Å². The van der Waals surface area contributed by atoms with Crippen molar-refractivity contribution in [3.8, 4) is 0 Å². The van der Waals surface area contributed by atoms with E-state index in [1.165, 1.54) is 0 Å². The molecule has 4 nitrogen and oxygen atoms in total. The minimum absolute atomic E-state index is 0.293. The van der Waals surface area contributed by atoms with Gasteiger partial charge in [0.25, 0.3) is 0 Å². The van der Waals surface area contributed by atoms with Crippen molar-refractivity contribution in [2.45, 2.75) is 33.2 Å². The second-order valence-electron chi connectivity index (χ2n) is 5.17. The van der Waals surface area contributed by atoms with Crippen molar-refractivity contribution < 1.29 is 0 Å². The standard InChI is InChI=1S/C15H22Cl2N4/c1-4-20(5-2)10-11(3)21-14(6-7-16)19-13-8-12(17)9-18-15(13)21/h8-9,11H,4-7,10H2,1-3H3. The molecule has 0 radical (unpaired) electrons. The van der Waals surface area contributed by atoms with E-state index in [1.54, 1.807) is 6.20 Å². The third-order valence-corrected chi connectivity index (χ3v) is 4.14. The van der Waals surface area contributed by atoms with Crippen LogP contribution < -0.4 is 0 Å². The Labute approximate surface area is 136 Å². The van der Waals surface area contributed by atoms with Crippen LogP contribution in [0.2, 0.25) is 5.02 Å². The molecule has 0 aliphatic carbocycles. The molecule has 0 aliphatic heterocycles. The lowest BCUT2D eigenvalue weighted by Crippen LogP contribution is -2.30. The normalized spacial score (nSPS) is 13.2. The van der Waals surface area contributed by atoms with Crippen LogP contribution >= 0.6 is 23.2 Å². The Hall–Kier alpha value is -0.840. The highest BCUT2D eigenvalue weighted by Gasteiger charge is 2.18. The minimum atomic E-state index is 0.293. The van der Waals surface area contributed by atoms with E-state index in [0.29, 0.717) is 16.9 Å². The maximum Gasteiger partial charge on any atom is 0.160 e. The van der Waals surface area contributed by atoms with E-state index in [1.807, 2.05) is 6.07 Å². The number of likely N-dealkylation sites (N-methyl/N-ethyl adjacent to an activating group) is 1. The largest absolute Gasteiger partial charge is 0.309 e. The molecule has 0 fully saturated rings. The van der Waals surface area contributed by atoms with Gasteiger partial charge < -0.3 is 9.47 Å². The van der Waals surface area contributed by atoms with Crippen molar-refractivity contribution in [1.82, 2.24) is 19.4 Å². The van der Waals surface area contributed by atoms with Crippen LogP contribution in [0.4, 0.5) is 0 Å². The highest BCUT2D eigenvalue weighted by Crippen LogP contribution is 2.23. The molecule has 2 heterocycles. The second-order valence-corrected chi connectivity index (χ2v) is 5.98. The summed E-state index contributed by atoms with van der Waals surface area (Å²) in [5.74, 6) is 1.53. The van der Waals surface area contributed by atoms with Gasteiger partial charge in [0.2, 0.25) is 0 Å². The average Bonchev–Trinajstić information content (AvgIpc) is 2.82. The molecule has 0 aliphatic rings. The molecular formula is C15H22Cl2N4. The quantitative estimate of drug-likeness (QED) is 0.725. The minimum Gasteiger partial charge on any atom is -0.309 e. The van der Waals surface area contributed by atoms with E-state index in [0.717, 1.165) is 43.0 Å². The zero-order valence-electron chi connectivity index (χ0n) is 12.8. The number of nitrogens with zero attached hydrogens (tertiary/aromatic N) is 4. The van der Waals surface area contributed by atoms with Gasteiger partial charge in [-0.15, -0.1) is 11.6 Å². The van der Waals surface area contributed by atoms with Crippen molar-refractivity contribution in [2.24, 2.45) is 0 Å². The zero-order chi connectivity index (χ0) is 15.4. The summed E-state index contributed by atoms with van der Waals surface area (Å²) < 4.78 is 2.20. The molecule has 0 amide bonds. The molecule has 116 valence electrons. The number of pyridine rings is 1. The van der Waals surface area contributed by atoms with E-state index < -0.39 is 0 Å². The molecule has 2 aromatic heterocycles. The third kappa shape index (κ3) is 3.68. The van der Waals surface area contributed by atoms with Gasteiger partial charge in [-0.25, -0.2) is 9.97 Å². The number of aryl methyl sites for hydroxylation is 1. The van der Waals surface area contributed by atoms with Crippen LogP contribution in [0, 0.1) is 0 Å². The summed E-state index contributed by atoms with van der Waals surface area (Å²) in [6.07, 6.45) is 2.41. The van der Waals surface area contributed by atoms with Crippen LogP contribution in [0.15, 0.2) is 12.3 Å². The molecule has 0 bridgehead atoms. The van der Waals surface area contributed by atoms with E-state index >= 15 is 0 Å². The molecule has 21 heavy (non-hydrogen) atoms. The summed E-state index contributed by atoms with van der Waals surface area (Å²) >= 11 is 11.9. The predicted octanol–water partition coefficient (Wildman–Crippen LogP) is 3.77. The maximum absolute atomic E-state index is 6.02. The van der Waals surface area contributed by atoms with Crippen LogP contribution in [0.5, 0.6) is 0 Å². The number of hydrogen-bond acceptors (Lipinski definition) is 3. The molecule has 6 heteroatoms. The topological polar surface area (TPSA) is 34.0 Å². The fourth-order valence-corrected chi connectivity index (χ4v) is 2.99. The summed E-state index contributed by atoms with van der Waals surface area (Å²) in [5.41, 5.74) is 1.73. The summed E-state index contributed by atoms with van der Waals surface area (Å²) in [7, 11) is 0. The average molecular weight is 329 g/mol. The Morgan fingerprint density at radius 2 is 2.05 bits per heavy atom. The lowest BCUT2D eigenvalue weighted by atomic mass is 10.2. The fourth-order valence-electron chi connectivity index (χ4n) is 2.67. The maximum atomic E-state index is 6.02. The van der Waals surface area contributed by atoms with E-state index in [4.69, 9.17) is 23.2 Å². The number of rotatable bonds is 7. The lowest BCUT2D eigenvalue weighted by molar-refractivity contribution is 0.261. The molecule has 1 atom stereocenters. The Morgan fingerprint density at radius 1 is 1.33 bits per heavy atom. The van der Waals surface area contributed by atoms with E-state index in [-0.39, 0.29) is 0 Å². The van der Waals surface area contributed by atoms with Gasteiger partial charge in [-0.1, -0.05) is 25.4 Å². The van der Waals surface area contributed by atoms with Crippen LogP contribution in [0.1, 0.15) is 32.6 Å². The smallest absolute Gasteiger partial charge is 0.160 e. The molecule has 0 saturated heterocycles. The molecular weight excluding hydrogens is 307 g/mol. The fraction of sp³-hybridized carbons (Fsp3) is 0.600. The number of hydrogen-bond donors (Lipinski definition) is 0. The molecule has 0 N–H and O–H groups in total. The number of halogens is 2. The Kier molecular flexibility index (Phi) is 5.85. The monoisotopic (exact) mass is 328 g/mol. The predicted molar refractivity (Wildman–Crippen MR) is 89.5 cm³/mol. The number of fused-ring (bicyclic) bond motifs is 1. The van der Waals surface area contributed by atoms with Gasteiger partial charge in [0.1, 0.15) is 11.3 Å². The summed E-state index contributed by atoms with van der Waals surface area (Å²) in [5, 5.41) is 0.612. The van der Waals surface area contributed by atoms with Gasteiger partial charge in [-0.05, 0) is 26.1 Å². The van der Waals surface area contributed by atoms with Gasteiger partial charge in [0.15, 0.2) is 5.65 Å². The van der Waals surface area contributed by atoms with Crippen molar-refractivity contribution in [2.75, 3.05) is 25.5 Å². The van der Waals surface area contributed by atoms with Crippen LogP contribution in [0.3, 0.4) is 0 Å². The van der Waals surface area contributed by atoms with Gasteiger partial charge >= 0.3 is 0 Å². The van der Waals surface area contributed by atoms with Crippen molar-refractivity contribution in [3.63, 3.8) is 0 Å². The van der Waals surface area contributed by atoms with E-state index in [2.05, 4.69) is 40.2 Å². The lowest BCUT2D eigenvalue weighted by Gasteiger charge is -2.25. The summed E-state index contributed by atoms with van der Waals surface area (Å²) in [4.78, 5) is 11.5. The first-order chi connectivity index (χ1) is 10.1. The molecule has 0 spiro atoms. The van der Waals surface area contributed by atoms with E-state index in [9.17, 15) is 0 Å². The Morgan fingerprint density at radius 3 is 2.67 bits per heavy atom. The molecule has 1 unspecified atom stereocenters. The van der Waals surface area contributed by atoms with Gasteiger partial charge in [0, 0.05) is 31.1 Å². The number of alkyl halides is 1. The number of aromatic nitrogens is 3. The van der Waals surface area contributed by atoms with Crippen LogP contribution in [0.25, 0.3) is 11.2 Å². The highest BCUT2D eigenvalue weighted by atomic mass is 35.5. The number of imidazole rings is 1. The molecule has 0 aromatic carbocycles. The zero-order valence-corrected chi connectivity index (χ0v) is 14.3. The third-order valence-electron chi connectivity index (χ3n) is 3.75. The van der Waals surface area contributed by atoms with Gasteiger partial charge in [-0.2, -0.15) is 0 Å². The first-order valence-corrected chi connectivity index (χ1v) is 8.32. The molecule has 2 rings (SSSR count). The first-order valence-electron chi connectivity index (χ1n) is 7.41. The highest BCUT2D eigenvalue weighted by molar-refractivity contribution is 6.31. The van der Waals surface area contributed by atoms with Gasteiger partial charge in [0.05, 0.1) is 5.02 Å². The SMILES string of the molecule is CCN(CC)CC(C)n1c(CCCl)nc2cc(Cl)cnc21. The summed E-state index contributed by atoms with van der Waals surface area (Å²) in [6.45, 7) is 9.61.